The number of likely N-dealkylation sites (tertiary alicyclic amines) is 1. The Kier molecular flexibility index (Phi) is 6.99. The number of rotatable bonds is 5. The number of nitrogens with zero attached hydrogens (tertiary/aromatic N) is 2. The van der Waals surface area contributed by atoms with Gasteiger partial charge in [0.2, 0.25) is 5.88 Å². The van der Waals surface area contributed by atoms with Crippen LogP contribution in [0.5, 0.6) is 5.88 Å². The molecule has 3 heterocycles. The number of amides is 1. The van der Waals surface area contributed by atoms with Crippen LogP contribution in [0.25, 0.3) is 0 Å². The third-order valence-electron chi connectivity index (χ3n) is 5.42. The summed E-state index contributed by atoms with van der Waals surface area (Å²) in [6.07, 6.45) is 1.34. The number of halogens is 4. The molecule has 4 rings (SSSR count). The van der Waals surface area contributed by atoms with Crippen molar-refractivity contribution in [2.45, 2.75) is 18.9 Å². The molecule has 1 fully saturated rings. The molecule has 1 aliphatic rings. The van der Waals surface area contributed by atoms with Crippen LogP contribution in [-0.2, 0) is 0 Å². The highest BCUT2D eigenvalue weighted by atomic mass is 35.5. The monoisotopic (exact) mass is 514 g/mol. The van der Waals surface area contributed by atoms with Crippen LogP contribution in [-0.4, -0.2) is 35.0 Å². The summed E-state index contributed by atoms with van der Waals surface area (Å²) in [5, 5.41) is 1.53. The molecule has 3 aromatic rings. The van der Waals surface area contributed by atoms with Gasteiger partial charge >= 0.3 is 0 Å². The predicted molar refractivity (Wildman–Crippen MR) is 127 cm³/mol. The summed E-state index contributed by atoms with van der Waals surface area (Å²) in [7, 11) is 0. The van der Waals surface area contributed by atoms with Gasteiger partial charge in [-0.1, -0.05) is 52.5 Å². The second-order valence-corrected chi connectivity index (χ2v) is 10.4. The van der Waals surface area contributed by atoms with E-state index < -0.39 is 0 Å². The van der Waals surface area contributed by atoms with Crippen molar-refractivity contribution < 1.29 is 9.53 Å². The number of carbonyl (C=O) groups excluding carboxylic acids is 1. The lowest BCUT2D eigenvalue weighted by molar-refractivity contribution is 0.0774. The number of benzene rings is 1. The topological polar surface area (TPSA) is 42.4 Å². The fourth-order valence-electron chi connectivity index (χ4n) is 3.86. The smallest absolute Gasteiger partial charge is 0.264 e. The largest absolute Gasteiger partial charge is 0.474 e. The number of thiophene rings is 1. The molecule has 1 saturated heterocycles. The number of hydrogen-bond donors (Lipinski definition) is 0. The van der Waals surface area contributed by atoms with Crippen molar-refractivity contribution in [1.82, 2.24) is 9.88 Å². The maximum atomic E-state index is 13.1. The van der Waals surface area contributed by atoms with Crippen molar-refractivity contribution >= 4 is 63.6 Å². The molecule has 1 amide bonds. The molecule has 1 aliphatic heterocycles. The first-order valence-electron chi connectivity index (χ1n) is 9.59. The highest BCUT2D eigenvalue weighted by molar-refractivity contribution is 7.17. The summed E-state index contributed by atoms with van der Waals surface area (Å²) in [4.78, 5) is 19.8. The Hall–Kier alpha value is -1.50. The van der Waals surface area contributed by atoms with Gasteiger partial charge in [0.25, 0.3) is 5.91 Å². The summed E-state index contributed by atoms with van der Waals surface area (Å²) in [5.41, 5.74) is 1.01. The first-order valence-corrected chi connectivity index (χ1v) is 11.9. The molecular weight excluding hydrogens is 498 g/mol. The van der Waals surface area contributed by atoms with E-state index in [0.29, 0.717) is 43.3 Å². The molecule has 1 aromatic carbocycles. The van der Waals surface area contributed by atoms with Crippen LogP contribution in [0.1, 0.15) is 28.1 Å². The zero-order valence-electron chi connectivity index (χ0n) is 16.4. The maximum Gasteiger partial charge on any atom is 0.264 e. The fourth-order valence-corrected chi connectivity index (χ4v) is 5.29. The zero-order valence-corrected chi connectivity index (χ0v) is 20.2. The van der Waals surface area contributed by atoms with E-state index in [4.69, 9.17) is 51.1 Å². The highest BCUT2D eigenvalue weighted by Gasteiger charge is 2.40. The number of pyridine rings is 1. The van der Waals surface area contributed by atoms with Gasteiger partial charge in [0.1, 0.15) is 6.10 Å². The highest BCUT2D eigenvalue weighted by Crippen LogP contribution is 2.39. The Morgan fingerprint density at radius 3 is 2.55 bits per heavy atom. The van der Waals surface area contributed by atoms with Crippen molar-refractivity contribution in [3.63, 3.8) is 0 Å². The minimum Gasteiger partial charge on any atom is -0.474 e. The van der Waals surface area contributed by atoms with Crippen molar-refractivity contribution in [3.8, 4) is 5.88 Å². The van der Waals surface area contributed by atoms with Crippen molar-refractivity contribution in [2.24, 2.45) is 5.92 Å². The van der Waals surface area contributed by atoms with Gasteiger partial charge < -0.3 is 9.64 Å². The standard InChI is InChI=1S/C22H18Cl4N2O2S/c1-12(30-21-7-3-14(23)9-27-21)15-10-28(22(29)19-5-6-20(26)31-19)11-16(15)13-2-4-17(24)18(25)8-13/h2-9,12,15-16H,10-11H2,1H3/t12-,15+,16+/m1/s1. The molecule has 0 radical (unpaired) electrons. The van der Waals surface area contributed by atoms with Crippen molar-refractivity contribution in [3.05, 3.63) is 78.5 Å². The van der Waals surface area contributed by atoms with Crippen molar-refractivity contribution in [2.75, 3.05) is 13.1 Å². The number of ether oxygens (including phenoxy) is 1. The van der Waals surface area contributed by atoms with Gasteiger partial charge in [0, 0.05) is 37.2 Å². The summed E-state index contributed by atoms with van der Waals surface area (Å²) in [5.74, 6) is 0.492. The number of hydrogen-bond acceptors (Lipinski definition) is 4. The first kappa shape index (κ1) is 22.7. The van der Waals surface area contributed by atoms with Gasteiger partial charge in [0.05, 0.1) is 24.3 Å². The van der Waals surface area contributed by atoms with E-state index in [1.807, 2.05) is 24.0 Å². The van der Waals surface area contributed by atoms with Crippen LogP contribution in [0.3, 0.4) is 0 Å². The van der Waals surface area contributed by atoms with E-state index >= 15 is 0 Å². The third kappa shape index (κ3) is 5.12. The SMILES string of the molecule is C[C@@H](Oc1ccc(Cl)cn1)[C@@H]1CN(C(=O)c2ccc(Cl)s2)C[C@H]1c1ccc(Cl)c(Cl)c1. The van der Waals surface area contributed by atoms with Gasteiger partial charge in [-0.05, 0) is 42.8 Å². The van der Waals surface area contributed by atoms with Gasteiger partial charge in [-0.3, -0.25) is 4.79 Å². The Balaban J connectivity index is 1.60. The van der Waals surface area contributed by atoms with E-state index in [9.17, 15) is 4.79 Å². The van der Waals surface area contributed by atoms with Gasteiger partial charge in [-0.25, -0.2) is 4.98 Å². The molecular formula is C22H18Cl4N2O2S. The van der Waals surface area contributed by atoms with Crippen molar-refractivity contribution in [1.29, 1.82) is 0 Å². The molecule has 162 valence electrons. The Bertz CT molecular complexity index is 1090. The summed E-state index contributed by atoms with van der Waals surface area (Å²) < 4.78 is 6.70. The first-order chi connectivity index (χ1) is 14.8. The lowest BCUT2D eigenvalue weighted by Crippen LogP contribution is -2.32. The summed E-state index contributed by atoms with van der Waals surface area (Å²) in [6, 6.07) is 12.6. The Morgan fingerprint density at radius 2 is 1.90 bits per heavy atom. The van der Waals surface area contributed by atoms with Crippen LogP contribution < -0.4 is 4.74 Å². The lowest BCUT2D eigenvalue weighted by Gasteiger charge is -2.25. The Morgan fingerprint density at radius 1 is 1.10 bits per heavy atom. The number of carbonyl (C=O) groups is 1. The van der Waals surface area contributed by atoms with Crippen LogP contribution in [0.15, 0.2) is 48.7 Å². The second kappa shape index (κ2) is 9.55. The maximum absolute atomic E-state index is 13.1. The van der Waals surface area contributed by atoms with E-state index in [1.54, 1.807) is 36.5 Å². The average Bonchev–Trinajstić information content (AvgIpc) is 3.38. The predicted octanol–water partition coefficient (Wildman–Crippen LogP) is 7.08. The quantitative estimate of drug-likeness (QED) is 0.364. The Labute approximate surface area is 204 Å². The van der Waals surface area contributed by atoms with Gasteiger partial charge in [-0.2, -0.15) is 0 Å². The van der Waals surface area contributed by atoms with Gasteiger partial charge in [-0.15, -0.1) is 11.3 Å². The summed E-state index contributed by atoms with van der Waals surface area (Å²) >= 11 is 25.6. The number of aromatic nitrogens is 1. The molecule has 0 bridgehead atoms. The van der Waals surface area contributed by atoms with Crippen LogP contribution >= 0.6 is 57.7 Å². The molecule has 31 heavy (non-hydrogen) atoms. The van der Waals surface area contributed by atoms with Gasteiger partial charge in [0.15, 0.2) is 0 Å². The van der Waals surface area contributed by atoms with Crippen LogP contribution in [0, 0.1) is 5.92 Å². The molecule has 0 unspecified atom stereocenters. The van der Waals surface area contributed by atoms with E-state index in [1.165, 1.54) is 11.3 Å². The molecule has 0 saturated carbocycles. The van der Waals surface area contributed by atoms with E-state index in [-0.39, 0.29) is 23.8 Å². The third-order valence-corrected chi connectivity index (χ3v) is 7.60. The summed E-state index contributed by atoms with van der Waals surface area (Å²) in [6.45, 7) is 3.06. The van der Waals surface area contributed by atoms with Crippen LogP contribution in [0.2, 0.25) is 19.4 Å². The second-order valence-electron chi connectivity index (χ2n) is 7.40. The molecule has 0 N–H and O–H groups in total. The molecule has 0 aliphatic carbocycles. The molecule has 3 atom stereocenters. The van der Waals surface area contributed by atoms with E-state index in [0.717, 1.165) is 5.56 Å². The molecule has 0 spiro atoms. The fraction of sp³-hybridized carbons (Fsp3) is 0.273. The van der Waals surface area contributed by atoms with Crippen LogP contribution in [0.4, 0.5) is 0 Å². The minimum atomic E-state index is -0.210. The molecule has 2 aromatic heterocycles. The normalized spacial score (nSPS) is 19.5. The zero-order chi connectivity index (χ0) is 22.1. The average molecular weight is 516 g/mol. The molecule has 9 heteroatoms. The van der Waals surface area contributed by atoms with E-state index in [2.05, 4.69) is 4.98 Å². The minimum absolute atomic E-state index is 0.0223. The lowest BCUT2D eigenvalue weighted by atomic mass is 9.86. The molecule has 4 nitrogen and oxygen atoms in total.